The van der Waals surface area contributed by atoms with E-state index in [0.717, 1.165) is 6.42 Å². The normalized spacial score (nSPS) is 11.7. The van der Waals surface area contributed by atoms with E-state index in [-0.39, 0.29) is 36.6 Å². The van der Waals surface area contributed by atoms with Gasteiger partial charge in [-0.05, 0) is 35.2 Å². The van der Waals surface area contributed by atoms with E-state index in [1.807, 2.05) is 0 Å². The molecule has 86 valence electrons. The summed E-state index contributed by atoms with van der Waals surface area (Å²) in [5, 5.41) is 2.77. The fraction of sp³-hybridized carbons (Fsp3) is 0.125. The van der Waals surface area contributed by atoms with Gasteiger partial charge >= 0.3 is 21.7 Å². The molecule has 3 rings (SSSR count). The van der Waals surface area contributed by atoms with Crippen LogP contribution in [-0.4, -0.2) is 0 Å². The SMILES string of the molecule is CC1=Cc2ccc3ccccc3c2C1.[CH3-].[CH3-].[Ti+2]. The molecule has 0 nitrogen and oxygen atoms in total. The van der Waals surface area contributed by atoms with Gasteiger partial charge in [-0.15, -0.1) is 0 Å². The molecule has 2 aromatic rings. The molecule has 0 unspecified atom stereocenters. The molecule has 17 heavy (non-hydrogen) atoms. The molecule has 1 aliphatic rings. The van der Waals surface area contributed by atoms with E-state index >= 15 is 0 Å². The molecule has 0 bridgehead atoms. The van der Waals surface area contributed by atoms with Crippen LogP contribution in [0.2, 0.25) is 0 Å². The summed E-state index contributed by atoms with van der Waals surface area (Å²) in [5.74, 6) is 0. The molecular weight excluding hydrogens is 240 g/mol. The van der Waals surface area contributed by atoms with Crippen LogP contribution < -0.4 is 0 Å². The largest absolute Gasteiger partial charge is 2.00 e. The Bertz CT molecular complexity index is 538. The van der Waals surface area contributed by atoms with Crippen molar-refractivity contribution in [3.05, 3.63) is 68.0 Å². The minimum absolute atomic E-state index is 0. The summed E-state index contributed by atoms with van der Waals surface area (Å²) in [5.41, 5.74) is 4.37. The van der Waals surface area contributed by atoms with Crippen LogP contribution in [0.5, 0.6) is 0 Å². The second kappa shape index (κ2) is 6.19. The predicted molar refractivity (Wildman–Crippen MR) is 74.1 cm³/mol. The first kappa shape index (κ1) is 16.2. The topological polar surface area (TPSA) is 0 Å². The molecule has 0 N–H and O–H groups in total. The number of hydrogen-bond acceptors (Lipinski definition) is 0. The minimum Gasteiger partial charge on any atom is -0.358 e. The maximum atomic E-state index is 2.29. The van der Waals surface area contributed by atoms with Gasteiger partial charge in [-0.1, -0.05) is 48.0 Å². The van der Waals surface area contributed by atoms with Crippen LogP contribution in [-0.2, 0) is 28.1 Å². The molecule has 1 aliphatic carbocycles. The fourth-order valence-electron chi connectivity index (χ4n) is 2.28. The van der Waals surface area contributed by atoms with Gasteiger partial charge in [0.15, 0.2) is 0 Å². The smallest absolute Gasteiger partial charge is 0.358 e. The van der Waals surface area contributed by atoms with Crippen LogP contribution in [0.4, 0.5) is 0 Å². The number of allylic oxidation sites excluding steroid dienone is 1. The van der Waals surface area contributed by atoms with Gasteiger partial charge in [0.2, 0.25) is 0 Å². The summed E-state index contributed by atoms with van der Waals surface area (Å²) < 4.78 is 0. The van der Waals surface area contributed by atoms with Gasteiger partial charge in [0, 0.05) is 0 Å². The van der Waals surface area contributed by atoms with Gasteiger partial charge in [-0.2, -0.15) is 0 Å². The Kier molecular flexibility index (Phi) is 5.88. The molecule has 0 amide bonds. The maximum absolute atomic E-state index is 2.29. The third-order valence-corrected chi connectivity index (χ3v) is 2.93. The molecule has 0 heterocycles. The van der Waals surface area contributed by atoms with E-state index in [0.29, 0.717) is 0 Å². The summed E-state index contributed by atoms with van der Waals surface area (Å²) >= 11 is 0. The first-order valence-corrected chi connectivity index (χ1v) is 5.02. The van der Waals surface area contributed by atoms with Gasteiger partial charge in [0.1, 0.15) is 0 Å². The van der Waals surface area contributed by atoms with Crippen LogP contribution >= 0.6 is 0 Å². The Morgan fingerprint density at radius 2 is 1.65 bits per heavy atom. The first-order valence-electron chi connectivity index (χ1n) is 5.02. The molecule has 0 fully saturated rings. The van der Waals surface area contributed by atoms with Crippen molar-refractivity contribution in [3.8, 4) is 0 Å². The molecular formula is C16H18Ti. The quantitative estimate of drug-likeness (QED) is 0.474. The van der Waals surface area contributed by atoms with Crippen molar-refractivity contribution in [2.45, 2.75) is 13.3 Å². The van der Waals surface area contributed by atoms with E-state index < -0.39 is 0 Å². The maximum Gasteiger partial charge on any atom is 2.00 e. The second-order valence-corrected chi connectivity index (χ2v) is 4.02. The van der Waals surface area contributed by atoms with Crippen LogP contribution in [0.3, 0.4) is 0 Å². The van der Waals surface area contributed by atoms with Crippen molar-refractivity contribution in [2.75, 3.05) is 0 Å². The summed E-state index contributed by atoms with van der Waals surface area (Å²) in [6.45, 7) is 2.20. The minimum atomic E-state index is 0. The Morgan fingerprint density at radius 3 is 2.41 bits per heavy atom. The van der Waals surface area contributed by atoms with Crippen LogP contribution in [0, 0.1) is 14.9 Å². The van der Waals surface area contributed by atoms with E-state index in [4.69, 9.17) is 0 Å². The zero-order valence-corrected chi connectivity index (χ0v) is 12.3. The average molecular weight is 258 g/mol. The van der Waals surface area contributed by atoms with Gasteiger partial charge < -0.3 is 14.9 Å². The van der Waals surface area contributed by atoms with Crippen molar-refractivity contribution in [2.24, 2.45) is 0 Å². The monoisotopic (exact) mass is 258 g/mol. The third-order valence-electron chi connectivity index (χ3n) is 2.93. The van der Waals surface area contributed by atoms with Crippen molar-refractivity contribution >= 4 is 16.8 Å². The fourth-order valence-corrected chi connectivity index (χ4v) is 2.28. The van der Waals surface area contributed by atoms with Crippen LogP contribution in [0.15, 0.2) is 42.0 Å². The molecule has 0 aliphatic heterocycles. The summed E-state index contributed by atoms with van der Waals surface area (Å²) in [6.07, 6.45) is 3.42. The molecule has 0 saturated carbocycles. The molecule has 0 saturated heterocycles. The Morgan fingerprint density at radius 1 is 0.941 bits per heavy atom. The van der Waals surface area contributed by atoms with Gasteiger partial charge in [0.05, 0.1) is 0 Å². The molecule has 1 heteroatoms. The number of benzene rings is 2. The molecule has 2 aromatic carbocycles. The summed E-state index contributed by atoms with van der Waals surface area (Å²) in [4.78, 5) is 0. The molecule has 0 radical (unpaired) electrons. The molecule has 0 atom stereocenters. The van der Waals surface area contributed by atoms with E-state index in [1.54, 1.807) is 0 Å². The standard InChI is InChI=1S/C14H12.2CH3.Ti/c1-10-8-12-7-6-11-4-2-3-5-13(11)14(12)9-10;;;/h2-8H,9H2,1H3;2*1H3;/q;2*-1;+2. The van der Waals surface area contributed by atoms with Crippen LogP contribution in [0.25, 0.3) is 16.8 Å². The van der Waals surface area contributed by atoms with E-state index in [9.17, 15) is 0 Å². The second-order valence-electron chi connectivity index (χ2n) is 4.02. The Balaban J connectivity index is 0.000000853. The summed E-state index contributed by atoms with van der Waals surface area (Å²) in [6, 6.07) is 13.1. The van der Waals surface area contributed by atoms with Gasteiger partial charge in [-0.25, -0.2) is 0 Å². The van der Waals surface area contributed by atoms with Crippen molar-refractivity contribution in [3.63, 3.8) is 0 Å². The van der Waals surface area contributed by atoms with Gasteiger partial charge in [0.25, 0.3) is 0 Å². The first-order chi connectivity index (χ1) is 6.84. The molecule has 0 spiro atoms. The number of rotatable bonds is 0. The van der Waals surface area contributed by atoms with Crippen molar-refractivity contribution in [1.29, 1.82) is 0 Å². The van der Waals surface area contributed by atoms with E-state index in [1.165, 1.54) is 27.5 Å². The zero-order valence-electron chi connectivity index (χ0n) is 10.7. The zero-order chi connectivity index (χ0) is 9.54. The number of hydrogen-bond donors (Lipinski definition) is 0. The van der Waals surface area contributed by atoms with E-state index in [2.05, 4.69) is 49.4 Å². The van der Waals surface area contributed by atoms with Crippen LogP contribution in [0.1, 0.15) is 18.1 Å². The van der Waals surface area contributed by atoms with Crippen molar-refractivity contribution in [1.82, 2.24) is 0 Å². The Labute approximate surface area is 120 Å². The van der Waals surface area contributed by atoms with Crippen molar-refractivity contribution < 1.29 is 21.7 Å². The third kappa shape index (κ3) is 2.70. The Hall–Kier alpha value is -0.846. The number of fused-ring (bicyclic) bond motifs is 3. The van der Waals surface area contributed by atoms with Gasteiger partial charge in [-0.3, -0.25) is 0 Å². The predicted octanol–water partition coefficient (Wildman–Crippen LogP) is 4.70. The average Bonchev–Trinajstić information content (AvgIpc) is 2.59. The summed E-state index contributed by atoms with van der Waals surface area (Å²) in [7, 11) is 0. The molecule has 0 aromatic heterocycles.